The number of nitrogens with zero attached hydrogens (tertiary/aromatic N) is 1. The molecule has 0 saturated heterocycles. The van der Waals surface area contributed by atoms with Crippen molar-refractivity contribution in [1.29, 1.82) is 0 Å². The molecule has 0 bridgehead atoms. The topological polar surface area (TPSA) is 15.3 Å². The van der Waals surface area contributed by atoms with Crippen LogP contribution in [0, 0.1) is 11.8 Å². The molecule has 3 fully saturated rings. The second-order valence-corrected chi connectivity index (χ2v) is 7.02. The molecule has 0 heterocycles. The lowest BCUT2D eigenvalue weighted by atomic mass is 9.82. The fourth-order valence-electron chi connectivity index (χ4n) is 3.78. The van der Waals surface area contributed by atoms with Crippen LogP contribution in [0.4, 0.5) is 0 Å². The monoisotopic (exact) mass is 250 g/mol. The predicted octanol–water partition coefficient (Wildman–Crippen LogP) is 3.03. The summed E-state index contributed by atoms with van der Waals surface area (Å²) in [5.41, 5.74) is 0. The van der Waals surface area contributed by atoms with Gasteiger partial charge < -0.3 is 5.32 Å². The lowest BCUT2D eigenvalue weighted by Gasteiger charge is -2.43. The van der Waals surface area contributed by atoms with Crippen LogP contribution in [0.3, 0.4) is 0 Å². The molecule has 3 atom stereocenters. The molecule has 1 N–H and O–H groups in total. The molecule has 3 saturated carbocycles. The van der Waals surface area contributed by atoms with Gasteiger partial charge in [-0.25, -0.2) is 0 Å². The van der Waals surface area contributed by atoms with Gasteiger partial charge in [0.2, 0.25) is 0 Å². The highest BCUT2D eigenvalue weighted by Gasteiger charge is 2.41. The third-order valence-electron chi connectivity index (χ3n) is 5.15. The molecule has 2 heteroatoms. The van der Waals surface area contributed by atoms with Crippen molar-refractivity contribution in [2.24, 2.45) is 11.8 Å². The van der Waals surface area contributed by atoms with E-state index < -0.39 is 0 Å². The molecule has 0 aromatic rings. The second-order valence-electron chi connectivity index (χ2n) is 7.02. The fourth-order valence-corrected chi connectivity index (χ4v) is 3.78. The molecule has 0 amide bonds. The minimum Gasteiger partial charge on any atom is -0.313 e. The molecule has 0 aliphatic heterocycles. The largest absolute Gasteiger partial charge is 0.313 e. The summed E-state index contributed by atoms with van der Waals surface area (Å²) in [6.45, 7) is 7.26. The molecule has 3 unspecified atom stereocenters. The van der Waals surface area contributed by atoms with Crippen LogP contribution in [0.2, 0.25) is 0 Å². The Morgan fingerprint density at radius 1 is 1.06 bits per heavy atom. The normalized spacial score (nSPS) is 37.2. The van der Waals surface area contributed by atoms with E-state index in [1.54, 1.807) is 0 Å². The highest BCUT2D eigenvalue weighted by Crippen LogP contribution is 2.39. The van der Waals surface area contributed by atoms with Crippen LogP contribution in [0.1, 0.15) is 58.8 Å². The van der Waals surface area contributed by atoms with Crippen molar-refractivity contribution >= 4 is 0 Å². The highest BCUT2D eigenvalue weighted by atomic mass is 15.2. The summed E-state index contributed by atoms with van der Waals surface area (Å²) in [4.78, 5) is 2.92. The summed E-state index contributed by atoms with van der Waals surface area (Å²) in [5.74, 6) is 1.98. The maximum atomic E-state index is 3.77. The van der Waals surface area contributed by atoms with Crippen molar-refractivity contribution in [3.63, 3.8) is 0 Å². The minimum atomic E-state index is 0.769. The van der Waals surface area contributed by atoms with E-state index in [9.17, 15) is 0 Å². The Kier molecular flexibility index (Phi) is 3.95. The van der Waals surface area contributed by atoms with E-state index in [1.807, 2.05) is 0 Å². The van der Waals surface area contributed by atoms with E-state index in [0.717, 1.165) is 36.5 Å². The lowest BCUT2D eigenvalue weighted by Crippen LogP contribution is -2.54. The zero-order valence-corrected chi connectivity index (χ0v) is 12.2. The first-order valence-corrected chi connectivity index (χ1v) is 8.27. The van der Waals surface area contributed by atoms with Crippen molar-refractivity contribution < 1.29 is 0 Å². The minimum absolute atomic E-state index is 0.769. The van der Waals surface area contributed by atoms with Gasteiger partial charge in [0.1, 0.15) is 0 Å². The van der Waals surface area contributed by atoms with Crippen molar-refractivity contribution in [2.45, 2.75) is 76.9 Å². The van der Waals surface area contributed by atoms with Gasteiger partial charge in [-0.1, -0.05) is 13.8 Å². The number of hydrogen-bond donors (Lipinski definition) is 1. The standard InChI is InChI=1S/C16H30N2/c1-3-17-15-9-4-12(2)10-16(15)18(14-7-8-14)11-13-5-6-13/h12-17H,3-11H2,1-2H3. The van der Waals surface area contributed by atoms with Crippen LogP contribution in [-0.2, 0) is 0 Å². The van der Waals surface area contributed by atoms with Crippen LogP contribution in [0.15, 0.2) is 0 Å². The summed E-state index contributed by atoms with van der Waals surface area (Å²) in [7, 11) is 0. The number of likely N-dealkylation sites (N-methyl/N-ethyl adjacent to an activating group) is 1. The highest BCUT2D eigenvalue weighted by molar-refractivity contribution is 4.98. The number of rotatable bonds is 6. The average molecular weight is 250 g/mol. The van der Waals surface area contributed by atoms with Crippen LogP contribution < -0.4 is 5.32 Å². The maximum absolute atomic E-state index is 3.77. The molecule has 0 radical (unpaired) electrons. The van der Waals surface area contributed by atoms with Crippen molar-refractivity contribution in [3.8, 4) is 0 Å². The van der Waals surface area contributed by atoms with Gasteiger partial charge in [0.05, 0.1) is 0 Å². The van der Waals surface area contributed by atoms with Crippen molar-refractivity contribution in [2.75, 3.05) is 13.1 Å². The molecular weight excluding hydrogens is 220 g/mol. The van der Waals surface area contributed by atoms with Gasteiger partial charge in [-0.3, -0.25) is 4.90 Å². The van der Waals surface area contributed by atoms with Crippen LogP contribution >= 0.6 is 0 Å². The summed E-state index contributed by atoms with van der Waals surface area (Å²) in [5, 5.41) is 3.77. The Hall–Kier alpha value is -0.0800. The zero-order chi connectivity index (χ0) is 12.5. The van der Waals surface area contributed by atoms with Gasteiger partial charge >= 0.3 is 0 Å². The Labute approximate surface area is 113 Å². The Morgan fingerprint density at radius 3 is 2.44 bits per heavy atom. The van der Waals surface area contributed by atoms with Crippen molar-refractivity contribution in [3.05, 3.63) is 0 Å². The Balaban J connectivity index is 1.66. The number of nitrogens with one attached hydrogen (secondary N) is 1. The first-order chi connectivity index (χ1) is 8.78. The molecule has 18 heavy (non-hydrogen) atoms. The molecule has 0 spiro atoms. The molecule has 3 rings (SSSR count). The third-order valence-corrected chi connectivity index (χ3v) is 5.15. The van der Waals surface area contributed by atoms with Crippen LogP contribution in [0.5, 0.6) is 0 Å². The van der Waals surface area contributed by atoms with Crippen LogP contribution in [-0.4, -0.2) is 36.1 Å². The summed E-state index contributed by atoms with van der Waals surface area (Å²) < 4.78 is 0. The molecular formula is C16H30N2. The SMILES string of the molecule is CCNC1CCC(C)CC1N(CC1CC1)C1CC1. The summed E-state index contributed by atoms with van der Waals surface area (Å²) in [6.07, 6.45) is 10.2. The molecule has 0 aromatic heterocycles. The van der Waals surface area contributed by atoms with E-state index in [4.69, 9.17) is 0 Å². The van der Waals surface area contributed by atoms with E-state index >= 15 is 0 Å². The quantitative estimate of drug-likeness (QED) is 0.779. The maximum Gasteiger partial charge on any atom is 0.0254 e. The summed E-state index contributed by atoms with van der Waals surface area (Å²) in [6, 6.07) is 2.55. The zero-order valence-electron chi connectivity index (χ0n) is 12.2. The molecule has 0 aromatic carbocycles. The van der Waals surface area contributed by atoms with Crippen molar-refractivity contribution in [1.82, 2.24) is 10.2 Å². The lowest BCUT2D eigenvalue weighted by molar-refractivity contribution is 0.0899. The van der Waals surface area contributed by atoms with E-state index in [0.29, 0.717) is 0 Å². The van der Waals surface area contributed by atoms with Gasteiger partial charge in [-0.15, -0.1) is 0 Å². The smallest absolute Gasteiger partial charge is 0.0254 e. The number of hydrogen-bond acceptors (Lipinski definition) is 2. The van der Waals surface area contributed by atoms with Gasteiger partial charge in [0.15, 0.2) is 0 Å². The molecule has 3 aliphatic rings. The first-order valence-electron chi connectivity index (χ1n) is 8.27. The second kappa shape index (κ2) is 5.50. The van der Waals surface area contributed by atoms with Crippen LogP contribution in [0.25, 0.3) is 0 Å². The van der Waals surface area contributed by atoms with E-state index in [1.165, 1.54) is 51.5 Å². The van der Waals surface area contributed by atoms with Gasteiger partial charge in [0.25, 0.3) is 0 Å². The van der Waals surface area contributed by atoms with Gasteiger partial charge in [0, 0.05) is 24.7 Å². The molecule has 2 nitrogen and oxygen atoms in total. The fraction of sp³-hybridized carbons (Fsp3) is 1.00. The van der Waals surface area contributed by atoms with E-state index in [-0.39, 0.29) is 0 Å². The van der Waals surface area contributed by atoms with Gasteiger partial charge in [-0.05, 0) is 63.3 Å². The third kappa shape index (κ3) is 3.08. The predicted molar refractivity (Wildman–Crippen MR) is 76.7 cm³/mol. The van der Waals surface area contributed by atoms with Gasteiger partial charge in [-0.2, -0.15) is 0 Å². The average Bonchev–Trinajstić information content (AvgIpc) is 3.22. The first kappa shape index (κ1) is 12.9. The Bertz CT molecular complexity index is 270. The Morgan fingerprint density at radius 2 is 1.83 bits per heavy atom. The van der Waals surface area contributed by atoms with E-state index in [2.05, 4.69) is 24.1 Å². The molecule has 3 aliphatic carbocycles. The summed E-state index contributed by atoms with van der Waals surface area (Å²) >= 11 is 0. The molecule has 104 valence electrons.